The van der Waals surface area contributed by atoms with Gasteiger partial charge in [-0.15, -0.1) is 0 Å². The lowest BCUT2D eigenvalue weighted by atomic mass is 9.49. The molecule has 5 saturated carbocycles. The van der Waals surface area contributed by atoms with Crippen molar-refractivity contribution in [3.63, 3.8) is 0 Å². The van der Waals surface area contributed by atoms with Crippen LogP contribution in [0, 0.1) is 29.1 Å². The number of benzene rings is 1. The van der Waals surface area contributed by atoms with E-state index in [4.69, 9.17) is 9.47 Å². The fourth-order valence-electron chi connectivity index (χ4n) is 9.66. The first-order valence-electron chi connectivity index (χ1n) is 13.3. The number of hydrogen-bond donors (Lipinski definition) is 1. The average Bonchev–Trinajstić information content (AvgIpc) is 2.78. The van der Waals surface area contributed by atoms with Crippen LogP contribution in [0.4, 0.5) is 0 Å². The molecule has 0 radical (unpaired) electrons. The lowest BCUT2D eigenvalue weighted by Gasteiger charge is -2.56. The van der Waals surface area contributed by atoms with Gasteiger partial charge in [-0.2, -0.15) is 0 Å². The second-order valence-corrected chi connectivity index (χ2v) is 12.2. The molecule has 4 heteroatoms. The van der Waals surface area contributed by atoms with Crippen LogP contribution in [0.1, 0.15) is 81.8 Å². The summed E-state index contributed by atoms with van der Waals surface area (Å²) in [6.07, 6.45) is 15.0. The molecule has 0 unspecified atom stereocenters. The summed E-state index contributed by atoms with van der Waals surface area (Å²) in [4.78, 5) is 13.1. The van der Waals surface area contributed by atoms with Gasteiger partial charge in [-0.3, -0.25) is 4.79 Å². The third kappa shape index (κ3) is 2.94. The van der Waals surface area contributed by atoms with Gasteiger partial charge < -0.3 is 14.8 Å². The summed E-state index contributed by atoms with van der Waals surface area (Å²) in [6.45, 7) is 1.19. The van der Waals surface area contributed by atoms with Gasteiger partial charge in [-0.05, 0) is 118 Å². The highest BCUT2D eigenvalue weighted by atomic mass is 16.7. The molecule has 8 rings (SSSR count). The highest BCUT2D eigenvalue weighted by Gasteiger charge is 2.55. The van der Waals surface area contributed by atoms with Gasteiger partial charge in [0, 0.05) is 11.5 Å². The molecule has 172 valence electrons. The standard InChI is InChI=1S/C28H37NO3/c30-26(27-14-18-9-19(15-27)11-20(10-18)16-27)32-17-31-22-5-4-21-12-25-23-3-1-2-6-28(23,7-8-29-25)24(21)13-22/h4-5,13,18-20,23,25,29H,1-3,6-12,14-17H2/t18?,19?,20?,23-,25+,27?,28+/m1/s1. The van der Waals surface area contributed by atoms with Gasteiger partial charge in [0.15, 0.2) is 0 Å². The summed E-state index contributed by atoms with van der Waals surface area (Å²) < 4.78 is 11.9. The molecule has 1 saturated heterocycles. The van der Waals surface area contributed by atoms with Crippen LogP contribution in [0.2, 0.25) is 0 Å². The Labute approximate surface area is 191 Å². The van der Waals surface area contributed by atoms with Crippen molar-refractivity contribution in [2.24, 2.45) is 29.1 Å². The van der Waals surface area contributed by atoms with E-state index < -0.39 is 0 Å². The summed E-state index contributed by atoms with van der Waals surface area (Å²) in [7, 11) is 0. The largest absolute Gasteiger partial charge is 0.457 e. The number of carbonyl (C=O) groups excluding carboxylic acids is 1. The number of hydrogen-bond acceptors (Lipinski definition) is 4. The van der Waals surface area contributed by atoms with Crippen LogP contribution in [0.5, 0.6) is 5.75 Å². The Kier molecular flexibility index (Phi) is 4.49. The quantitative estimate of drug-likeness (QED) is 0.526. The molecule has 3 atom stereocenters. The van der Waals surface area contributed by atoms with Crippen molar-refractivity contribution in [3.8, 4) is 5.75 Å². The predicted octanol–water partition coefficient (Wildman–Crippen LogP) is 5.13. The second kappa shape index (κ2) is 7.22. The van der Waals surface area contributed by atoms with Gasteiger partial charge in [0.2, 0.25) is 6.79 Å². The summed E-state index contributed by atoms with van der Waals surface area (Å²) >= 11 is 0. The molecule has 1 N–H and O–H groups in total. The maximum absolute atomic E-state index is 13.1. The maximum Gasteiger partial charge on any atom is 0.314 e. The molecule has 0 aromatic heterocycles. The van der Waals surface area contributed by atoms with Crippen LogP contribution in [0.25, 0.3) is 0 Å². The maximum atomic E-state index is 13.1. The van der Waals surface area contributed by atoms with Crippen molar-refractivity contribution < 1.29 is 14.3 Å². The number of ether oxygens (including phenoxy) is 2. The summed E-state index contributed by atoms with van der Waals surface area (Å²) in [5, 5.41) is 3.81. The fraction of sp³-hybridized carbons (Fsp3) is 0.750. The zero-order valence-corrected chi connectivity index (χ0v) is 19.2. The van der Waals surface area contributed by atoms with Gasteiger partial charge in [-0.1, -0.05) is 18.9 Å². The molecule has 6 aliphatic carbocycles. The average molecular weight is 436 g/mol. The molecule has 1 aliphatic heterocycles. The van der Waals surface area contributed by atoms with Crippen LogP contribution >= 0.6 is 0 Å². The van der Waals surface area contributed by atoms with E-state index in [9.17, 15) is 4.79 Å². The molecular weight excluding hydrogens is 398 g/mol. The Morgan fingerprint density at radius 1 is 1.03 bits per heavy atom. The molecular formula is C28H37NO3. The molecule has 32 heavy (non-hydrogen) atoms. The number of fused-ring (bicyclic) bond motifs is 1. The molecule has 7 aliphatic rings. The van der Waals surface area contributed by atoms with Gasteiger partial charge in [-0.25, -0.2) is 0 Å². The van der Waals surface area contributed by atoms with E-state index in [2.05, 4.69) is 23.5 Å². The minimum absolute atomic E-state index is 0.0155. The van der Waals surface area contributed by atoms with E-state index in [0.717, 1.165) is 61.6 Å². The molecule has 1 aromatic rings. The van der Waals surface area contributed by atoms with E-state index >= 15 is 0 Å². The van der Waals surface area contributed by atoms with Crippen molar-refractivity contribution in [2.75, 3.05) is 13.3 Å². The monoisotopic (exact) mass is 435 g/mol. The Balaban J connectivity index is 1.06. The normalized spacial score (nSPS) is 43.3. The van der Waals surface area contributed by atoms with Gasteiger partial charge in [0.25, 0.3) is 0 Å². The third-order valence-electron chi connectivity index (χ3n) is 10.5. The lowest BCUT2D eigenvalue weighted by molar-refractivity contribution is -0.177. The number of carbonyl (C=O) groups is 1. The van der Waals surface area contributed by atoms with Crippen LogP contribution in [-0.4, -0.2) is 25.3 Å². The first-order chi connectivity index (χ1) is 15.6. The molecule has 0 amide bonds. The van der Waals surface area contributed by atoms with E-state index in [-0.39, 0.29) is 18.2 Å². The topological polar surface area (TPSA) is 47.6 Å². The zero-order valence-electron chi connectivity index (χ0n) is 19.2. The van der Waals surface area contributed by atoms with Crippen LogP contribution < -0.4 is 10.1 Å². The first kappa shape index (κ1) is 19.9. The minimum atomic E-state index is -0.202. The van der Waals surface area contributed by atoms with E-state index in [1.165, 1.54) is 62.5 Å². The number of rotatable bonds is 4. The first-order valence-corrected chi connectivity index (χ1v) is 13.3. The van der Waals surface area contributed by atoms with Gasteiger partial charge >= 0.3 is 5.97 Å². The third-order valence-corrected chi connectivity index (χ3v) is 10.5. The highest BCUT2D eigenvalue weighted by Crippen LogP contribution is 2.60. The molecule has 6 bridgehead atoms. The van der Waals surface area contributed by atoms with Crippen molar-refractivity contribution in [2.45, 2.75) is 88.5 Å². The second-order valence-electron chi connectivity index (χ2n) is 12.2. The van der Waals surface area contributed by atoms with Crippen molar-refractivity contribution in [1.82, 2.24) is 5.32 Å². The van der Waals surface area contributed by atoms with Crippen molar-refractivity contribution in [3.05, 3.63) is 29.3 Å². The smallest absolute Gasteiger partial charge is 0.314 e. The molecule has 1 aromatic carbocycles. The van der Waals surface area contributed by atoms with Crippen LogP contribution in [0.3, 0.4) is 0 Å². The Bertz CT molecular complexity index is 886. The SMILES string of the molecule is O=C(OCOc1ccc2c(c1)[C@]13CCCC[C@@H]1[C@H](C2)NCC3)C12CC3CC(CC(C3)C1)C2. The summed E-state index contributed by atoms with van der Waals surface area (Å²) in [6, 6.07) is 7.31. The molecule has 4 nitrogen and oxygen atoms in total. The Morgan fingerprint density at radius 2 is 1.81 bits per heavy atom. The van der Waals surface area contributed by atoms with Gasteiger partial charge in [0.1, 0.15) is 5.75 Å². The zero-order chi connectivity index (χ0) is 21.3. The van der Waals surface area contributed by atoms with Gasteiger partial charge in [0.05, 0.1) is 5.41 Å². The summed E-state index contributed by atoms with van der Waals surface area (Å²) in [5.74, 6) is 3.92. The van der Waals surface area contributed by atoms with E-state index in [0.29, 0.717) is 11.5 Å². The molecule has 1 heterocycles. The van der Waals surface area contributed by atoms with Crippen LogP contribution in [0.15, 0.2) is 18.2 Å². The number of nitrogens with one attached hydrogen (secondary N) is 1. The summed E-state index contributed by atoms with van der Waals surface area (Å²) in [5.41, 5.74) is 3.16. The Hall–Kier alpha value is -1.55. The molecule has 0 spiro atoms. The highest BCUT2D eigenvalue weighted by molar-refractivity contribution is 5.77. The van der Waals surface area contributed by atoms with Crippen molar-refractivity contribution in [1.29, 1.82) is 0 Å². The molecule has 6 fully saturated rings. The fourth-order valence-corrected chi connectivity index (χ4v) is 9.66. The number of piperidine rings is 1. The number of esters is 1. The van der Waals surface area contributed by atoms with Crippen molar-refractivity contribution >= 4 is 5.97 Å². The van der Waals surface area contributed by atoms with E-state index in [1.54, 1.807) is 0 Å². The van der Waals surface area contributed by atoms with Crippen LogP contribution in [-0.2, 0) is 21.4 Å². The lowest BCUT2D eigenvalue weighted by Crippen LogP contribution is -2.59. The van der Waals surface area contributed by atoms with E-state index in [1.807, 2.05) is 0 Å². The minimum Gasteiger partial charge on any atom is -0.457 e. The predicted molar refractivity (Wildman–Crippen MR) is 122 cm³/mol. The Morgan fingerprint density at radius 3 is 2.59 bits per heavy atom.